The molecule has 0 aliphatic carbocycles. The molecule has 1 rings (SSSR count). The molecular formula is C4H8BN. The summed E-state index contributed by atoms with van der Waals surface area (Å²) >= 11 is 0. The lowest BCUT2D eigenvalue weighted by atomic mass is 9.73. The van der Waals surface area contributed by atoms with E-state index in [0.717, 1.165) is 0 Å². The molecule has 1 atom stereocenters. The molecule has 1 nitrogen and oxygen atoms in total. The van der Waals surface area contributed by atoms with Crippen LogP contribution in [0.15, 0.2) is 12.2 Å². The van der Waals surface area contributed by atoms with Crippen molar-refractivity contribution in [1.29, 1.82) is 0 Å². The molecule has 0 saturated heterocycles. The van der Waals surface area contributed by atoms with Gasteiger partial charge in [0.25, 0.3) is 0 Å². The molecule has 0 amide bonds. The highest BCUT2D eigenvalue weighted by Crippen LogP contribution is 1.85. The van der Waals surface area contributed by atoms with Crippen molar-refractivity contribution in [3.8, 4) is 0 Å². The Balaban J connectivity index is 2.32. The van der Waals surface area contributed by atoms with Gasteiger partial charge in [-0.25, -0.2) is 0 Å². The maximum atomic E-state index is 3.14. The zero-order valence-electron chi connectivity index (χ0n) is 3.94. The minimum Gasteiger partial charge on any atom is -0.397 e. The molecule has 0 aromatic heterocycles. The van der Waals surface area contributed by atoms with Crippen molar-refractivity contribution in [3.05, 3.63) is 12.2 Å². The highest BCUT2D eigenvalue weighted by molar-refractivity contribution is 6.45. The van der Waals surface area contributed by atoms with Crippen molar-refractivity contribution in [2.45, 2.75) is 12.9 Å². The Labute approximate surface area is 38.7 Å². The molecule has 0 bridgehead atoms. The van der Waals surface area contributed by atoms with Gasteiger partial charge < -0.3 is 5.32 Å². The highest BCUT2D eigenvalue weighted by atomic mass is 14.9. The van der Waals surface area contributed by atoms with Crippen LogP contribution in [0.4, 0.5) is 0 Å². The lowest BCUT2D eigenvalue weighted by Crippen LogP contribution is -2.19. The van der Waals surface area contributed by atoms with Gasteiger partial charge in [0.05, 0.1) is 0 Å². The van der Waals surface area contributed by atoms with Crippen LogP contribution >= 0.6 is 0 Å². The molecule has 0 radical (unpaired) electrons. The number of hydrogen-bond acceptors (Lipinski definition) is 1. The Morgan fingerprint density at radius 3 is 2.83 bits per heavy atom. The van der Waals surface area contributed by atoms with Crippen molar-refractivity contribution in [2.75, 3.05) is 0 Å². The summed E-state index contributed by atoms with van der Waals surface area (Å²) in [6.45, 7) is 2.17. The molecule has 0 aromatic carbocycles. The topological polar surface area (TPSA) is 12.0 Å². The van der Waals surface area contributed by atoms with Gasteiger partial charge in [-0.1, -0.05) is 6.92 Å². The summed E-state index contributed by atoms with van der Waals surface area (Å²) in [5.74, 6) is 2.83. The fourth-order valence-electron chi connectivity index (χ4n) is 0.573. The smallest absolute Gasteiger partial charge is 0.176 e. The van der Waals surface area contributed by atoms with E-state index >= 15 is 0 Å². The Bertz CT molecular complexity index is 61.9. The second-order valence-electron chi connectivity index (χ2n) is 1.71. The summed E-state index contributed by atoms with van der Waals surface area (Å²) in [5.41, 5.74) is 0. The first kappa shape index (κ1) is 3.78. The normalized spacial score (nSPS) is 29.2. The summed E-state index contributed by atoms with van der Waals surface area (Å²) in [5, 5.41) is 3.14. The fraction of sp³-hybridized carbons (Fsp3) is 0.500. The summed E-state index contributed by atoms with van der Waals surface area (Å²) in [4.78, 5) is 0. The van der Waals surface area contributed by atoms with Crippen molar-refractivity contribution < 1.29 is 0 Å². The van der Waals surface area contributed by atoms with Gasteiger partial charge >= 0.3 is 0 Å². The first-order valence-electron chi connectivity index (χ1n) is 2.30. The van der Waals surface area contributed by atoms with Crippen molar-refractivity contribution in [1.82, 2.24) is 5.32 Å². The number of nitrogens with one attached hydrogen (secondary N) is 1. The van der Waals surface area contributed by atoms with Crippen LogP contribution in [0.2, 0.25) is 0 Å². The van der Waals surface area contributed by atoms with E-state index in [1.165, 1.54) is 7.28 Å². The van der Waals surface area contributed by atoms with E-state index in [4.69, 9.17) is 0 Å². The lowest BCUT2D eigenvalue weighted by Gasteiger charge is -1.96. The highest BCUT2D eigenvalue weighted by Gasteiger charge is 2.00. The molecule has 1 heterocycles. The molecule has 1 N–H and O–H groups in total. The maximum absolute atomic E-state index is 3.14. The second kappa shape index (κ2) is 1.37. The monoisotopic (exact) mass is 81.1 g/mol. The van der Waals surface area contributed by atoms with Gasteiger partial charge in [0.1, 0.15) is 0 Å². The SMILES string of the molecule is CC1BC=CN1. The van der Waals surface area contributed by atoms with Gasteiger partial charge in [-0.05, 0) is 12.1 Å². The van der Waals surface area contributed by atoms with E-state index in [1.54, 1.807) is 0 Å². The lowest BCUT2D eigenvalue weighted by molar-refractivity contribution is 0.856. The Hall–Kier alpha value is -0.395. The molecule has 0 spiro atoms. The largest absolute Gasteiger partial charge is 0.397 e. The van der Waals surface area contributed by atoms with Gasteiger partial charge in [-0.3, -0.25) is 0 Å². The van der Waals surface area contributed by atoms with E-state index in [1.807, 2.05) is 6.20 Å². The van der Waals surface area contributed by atoms with Crippen molar-refractivity contribution in [3.63, 3.8) is 0 Å². The number of rotatable bonds is 0. The van der Waals surface area contributed by atoms with Gasteiger partial charge in [-0.15, -0.1) is 5.98 Å². The van der Waals surface area contributed by atoms with Crippen LogP contribution in [-0.2, 0) is 0 Å². The molecule has 0 saturated carbocycles. The summed E-state index contributed by atoms with van der Waals surface area (Å²) in [7, 11) is 1.19. The van der Waals surface area contributed by atoms with Gasteiger partial charge in [0, 0.05) is 0 Å². The predicted molar refractivity (Wildman–Crippen MR) is 28.9 cm³/mol. The third-order valence-electron chi connectivity index (χ3n) is 0.988. The van der Waals surface area contributed by atoms with E-state index < -0.39 is 0 Å². The Morgan fingerprint density at radius 1 is 1.83 bits per heavy atom. The fourth-order valence-corrected chi connectivity index (χ4v) is 0.573. The van der Waals surface area contributed by atoms with Crippen LogP contribution in [0, 0.1) is 0 Å². The molecule has 1 aliphatic rings. The second-order valence-corrected chi connectivity index (χ2v) is 1.71. The van der Waals surface area contributed by atoms with Crippen LogP contribution < -0.4 is 5.32 Å². The molecule has 1 unspecified atom stereocenters. The standard InChI is InChI=1S/C4H8BN/c1-4-5-2-3-6-4/h2-6H,1H3. The van der Waals surface area contributed by atoms with E-state index in [-0.39, 0.29) is 0 Å². The third kappa shape index (κ3) is 0.561. The third-order valence-corrected chi connectivity index (χ3v) is 0.988. The van der Waals surface area contributed by atoms with Crippen LogP contribution in [0.25, 0.3) is 0 Å². The summed E-state index contributed by atoms with van der Waals surface area (Å²) in [6.07, 6.45) is 2.00. The van der Waals surface area contributed by atoms with Gasteiger partial charge in [0.2, 0.25) is 0 Å². The minimum absolute atomic E-state index is 0.685. The van der Waals surface area contributed by atoms with E-state index in [9.17, 15) is 0 Å². The van der Waals surface area contributed by atoms with Crippen LogP contribution in [0.5, 0.6) is 0 Å². The van der Waals surface area contributed by atoms with Crippen LogP contribution in [-0.4, -0.2) is 13.2 Å². The first-order valence-corrected chi connectivity index (χ1v) is 2.30. The summed E-state index contributed by atoms with van der Waals surface area (Å²) < 4.78 is 0. The predicted octanol–water partition coefficient (Wildman–Crippen LogP) is -0.157. The van der Waals surface area contributed by atoms with Crippen LogP contribution in [0.3, 0.4) is 0 Å². The van der Waals surface area contributed by atoms with Gasteiger partial charge in [-0.2, -0.15) is 0 Å². The van der Waals surface area contributed by atoms with Gasteiger partial charge in [0.15, 0.2) is 7.28 Å². The van der Waals surface area contributed by atoms with Crippen molar-refractivity contribution in [2.24, 2.45) is 0 Å². The molecule has 2 heteroatoms. The molecule has 0 fully saturated rings. The zero-order chi connectivity index (χ0) is 4.41. The maximum Gasteiger partial charge on any atom is 0.176 e. The quantitative estimate of drug-likeness (QED) is 0.399. The molecule has 6 heavy (non-hydrogen) atoms. The number of hydrogen-bond donors (Lipinski definition) is 1. The van der Waals surface area contributed by atoms with Crippen molar-refractivity contribution >= 4 is 7.28 Å². The first-order chi connectivity index (χ1) is 2.89. The van der Waals surface area contributed by atoms with Crippen LogP contribution in [0.1, 0.15) is 6.92 Å². The molecule has 1 aliphatic heterocycles. The molecular weight excluding hydrogens is 72.9 g/mol. The zero-order valence-corrected chi connectivity index (χ0v) is 3.94. The Morgan fingerprint density at radius 2 is 2.67 bits per heavy atom. The minimum atomic E-state index is 0.685. The van der Waals surface area contributed by atoms with E-state index in [2.05, 4.69) is 18.2 Å². The molecule has 32 valence electrons. The van der Waals surface area contributed by atoms with E-state index in [0.29, 0.717) is 5.94 Å². The summed E-state index contributed by atoms with van der Waals surface area (Å²) in [6, 6.07) is 0. The Kier molecular flexibility index (Phi) is 0.865. The molecule has 0 aromatic rings. The average Bonchev–Trinajstić information content (AvgIpc) is 1.86. The average molecular weight is 80.9 g/mol.